The summed E-state index contributed by atoms with van der Waals surface area (Å²) in [6, 6.07) is 0.481. The van der Waals surface area contributed by atoms with Crippen LogP contribution in [0.4, 0.5) is 0 Å². The Hall–Kier alpha value is -0.610. The zero-order valence-corrected chi connectivity index (χ0v) is 9.65. The maximum Gasteiger partial charge on any atom is 0.242 e. The number of amides is 1. The average Bonchev–Trinajstić information content (AvgIpc) is 3.18. The fourth-order valence-corrected chi connectivity index (χ4v) is 2.42. The number of nitrogens with two attached hydrogens (primary N) is 1. The summed E-state index contributed by atoms with van der Waals surface area (Å²) in [4.78, 5) is 14.3. The zero-order valence-electron chi connectivity index (χ0n) is 9.65. The highest BCUT2D eigenvalue weighted by molar-refractivity contribution is 5.89. The van der Waals surface area contributed by atoms with Gasteiger partial charge in [0.1, 0.15) is 0 Å². The third-order valence-electron chi connectivity index (χ3n) is 3.94. The van der Waals surface area contributed by atoms with Gasteiger partial charge in [-0.05, 0) is 32.1 Å². The van der Waals surface area contributed by atoms with Gasteiger partial charge < -0.3 is 15.4 Å². The normalized spacial score (nSPS) is 31.4. The van der Waals surface area contributed by atoms with Gasteiger partial charge in [-0.15, -0.1) is 0 Å². The second-order valence-corrected chi connectivity index (χ2v) is 5.57. The summed E-state index contributed by atoms with van der Waals surface area (Å²) in [6.45, 7) is 2.53. The average molecular weight is 224 g/mol. The van der Waals surface area contributed by atoms with E-state index in [9.17, 15) is 4.79 Å². The fourth-order valence-electron chi connectivity index (χ4n) is 2.42. The van der Waals surface area contributed by atoms with Gasteiger partial charge in [-0.3, -0.25) is 4.79 Å². The van der Waals surface area contributed by atoms with E-state index in [4.69, 9.17) is 10.5 Å². The Kier molecular flexibility index (Phi) is 2.44. The van der Waals surface area contributed by atoms with E-state index < -0.39 is 5.54 Å². The van der Waals surface area contributed by atoms with Crippen molar-refractivity contribution in [1.29, 1.82) is 0 Å². The second-order valence-electron chi connectivity index (χ2n) is 5.57. The van der Waals surface area contributed by atoms with Gasteiger partial charge in [0.05, 0.1) is 12.1 Å². The highest BCUT2D eigenvalue weighted by atomic mass is 16.5. The van der Waals surface area contributed by atoms with E-state index in [1.54, 1.807) is 0 Å². The van der Waals surface area contributed by atoms with Gasteiger partial charge in [0.15, 0.2) is 0 Å². The monoisotopic (exact) mass is 224 g/mol. The van der Waals surface area contributed by atoms with Gasteiger partial charge in [-0.1, -0.05) is 0 Å². The number of hydrogen-bond donors (Lipinski definition) is 1. The van der Waals surface area contributed by atoms with Crippen molar-refractivity contribution in [2.45, 2.75) is 43.7 Å². The third kappa shape index (κ3) is 1.96. The van der Waals surface area contributed by atoms with E-state index >= 15 is 0 Å². The van der Waals surface area contributed by atoms with Crippen LogP contribution in [0.1, 0.15) is 32.1 Å². The molecule has 0 aromatic carbocycles. The summed E-state index contributed by atoms with van der Waals surface area (Å²) in [7, 11) is 0. The van der Waals surface area contributed by atoms with Gasteiger partial charge >= 0.3 is 0 Å². The predicted octanol–water partition coefficient (Wildman–Crippen LogP) is 0.505. The molecule has 0 radical (unpaired) electrons. The van der Waals surface area contributed by atoms with Crippen LogP contribution in [0, 0.1) is 5.92 Å². The van der Waals surface area contributed by atoms with Crippen molar-refractivity contribution in [2.75, 3.05) is 19.8 Å². The molecule has 90 valence electrons. The standard InChI is InChI=1S/C12H20N2O2/c13-12(4-5-12)11(15)14(10-1-2-10)7-9-3-6-16-8-9/h9-10H,1-8,13H2. The largest absolute Gasteiger partial charge is 0.381 e. The molecule has 0 aromatic heterocycles. The van der Waals surface area contributed by atoms with E-state index in [-0.39, 0.29) is 5.91 Å². The molecule has 1 atom stereocenters. The predicted molar refractivity (Wildman–Crippen MR) is 59.8 cm³/mol. The van der Waals surface area contributed by atoms with Crippen molar-refractivity contribution in [3.8, 4) is 0 Å². The lowest BCUT2D eigenvalue weighted by atomic mass is 10.1. The van der Waals surface area contributed by atoms with Crippen LogP contribution in [-0.4, -0.2) is 42.1 Å². The van der Waals surface area contributed by atoms with Crippen molar-refractivity contribution in [3.05, 3.63) is 0 Å². The second kappa shape index (κ2) is 3.70. The molecule has 3 fully saturated rings. The Morgan fingerprint density at radius 2 is 2.12 bits per heavy atom. The molecule has 1 heterocycles. The quantitative estimate of drug-likeness (QED) is 0.757. The molecule has 4 heteroatoms. The Bertz CT molecular complexity index is 291. The number of nitrogens with zero attached hydrogens (tertiary/aromatic N) is 1. The first-order chi connectivity index (χ1) is 7.69. The lowest BCUT2D eigenvalue weighted by molar-refractivity contribution is -0.134. The summed E-state index contributed by atoms with van der Waals surface area (Å²) in [5.74, 6) is 0.730. The van der Waals surface area contributed by atoms with Crippen LogP contribution in [0.3, 0.4) is 0 Å². The van der Waals surface area contributed by atoms with Crippen LogP contribution >= 0.6 is 0 Å². The van der Waals surface area contributed by atoms with E-state index in [0.717, 1.165) is 51.9 Å². The maximum atomic E-state index is 12.3. The number of ether oxygens (including phenoxy) is 1. The van der Waals surface area contributed by atoms with Crippen molar-refractivity contribution < 1.29 is 9.53 Å². The molecule has 1 aliphatic heterocycles. The summed E-state index contributed by atoms with van der Waals surface area (Å²) in [5.41, 5.74) is 5.51. The molecule has 0 bridgehead atoms. The Labute approximate surface area is 96.1 Å². The number of rotatable bonds is 4. The van der Waals surface area contributed by atoms with Gasteiger partial charge in [0, 0.05) is 25.1 Å². The third-order valence-corrected chi connectivity index (χ3v) is 3.94. The molecule has 1 unspecified atom stereocenters. The van der Waals surface area contributed by atoms with Crippen LogP contribution in [0.25, 0.3) is 0 Å². The lowest BCUT2D eigenvalue weighted by Crippen LogP contribution is -2.48. The Morgan fingerprint density at radius 3 is 2.62 bits per heavy atom. The van der Waals surface area contributed by atoms with Crippen molar-refractivity contribution in [1.82, 2.24) is 4.90 Å². The minimum Gasteiger partial charge on any atom is -0.381 e. The number of hydrogen-bond acceptors (Lipinski definition) is 3. The van der Waals surface area contributed by atoms with Crippen LogP contribution in [0.2, 0.25) is 0 Å². The van der Waals surface area contributed by atoms with E-state index in [2.05, 4.69) is 0 Å². The van der Waals surface area contributed by atoms with Gasteiger partial charge in [0.2, 0.25) is 5.91 Å². The molecular formula is C12H20N2O2. The van der Waals surface area contributed by atoms with Crippen molar-refractivity contribution >= 4 is 5.91 Å². The van der Waals surface area contributed by atoms with E-state index in [0.29, 0.717) is 12.0 Å². The highest BCUT2D eigenvalue weighted by Crippen LogP contribution is 2.38. The van der Waals surface area contributed by atoms with E-state index in [1.165, 1.54) is 0 Å². The maximum absolute atomic E-state index is 12.3. The van der Waals surface area contributed by atoms with Gasteiger partial charge in [-0.2, -0.15) is 0 Å². The van der Waals surface area contributed by atoms with Crippen LogP contribution in [0.5, 0.6) is 0 Å². The zero-order chi connectivity index (χ0) is 11.2. The van der Waals surface area contributed by atoms with Crippen molar-refractivity contribution in [3.63, 3.8) is 0 Å². The molecular weight excluding hydrogens is 204 g/mol. The van der Waals surface area contributed by atoms with Crippen LogP contribution < -0.4 is 5.73 Å². The first kappa shape index (κ1) is 10.5. The smallest absolute Gasteiger partial charge is 0.242 e. The first-order valence-corrected chi connectivity index (χ1v) is 6.37. The molecule has 3 aliphatic rings. The highest BCUT2D eigenvalue weighted by Gasteiger charge is 2.51. The first-order valence-electron chi connectivity index (χ1n) is 6.37. The summed E-state index contributed by atoms with van der Waals surface area (Å²) in [6.07, 6.45) is 5.16. The Morgan fingerprint density at radius 1 is 1.38 bits per heavy atom. The van der Waals surface area contributed by atoms with Gasteiger partial charge in [-0.25, -0.2) is 0 Å². The molecule has 16 heavy (non-hydrogen) atoms. The van der Waals surface area contributed by atoms with Gasteiger partial charge in [0.25, 0.3) is 0 Å². The minimum atomic E-state index is -0.498. The molecule has 2 N–H and O–H groups in total. The topological polar surface area (TPSA) is 55.6 Å². The molecule has 1 saturated heterocycles. The summed E-state index contributed by atoms with van der Waals surface area (Å²) < 4.78 is 5.37. The molecule has 0 spiro atoms. The van der Waals surface area contributed by atoms with Crippen LogP contribution in [-0.2, 0) is 9.53 Å². The summed E-state index contributed by atoms with van der Waals surface area (Å²) >= 11 is 0. The van der Waals surface area contributed by atoms with E-state index in [1.807, 2.05) is 4.90 Å². The molecule has 3 rings (SSSR count). The molecule has 4 nitrogen and oxygen atoms in total. The molecule has 2 saturated carbocycles. The Balaban J connectivity index is 1.63. The van der Waals surface area contributed by atoms with Crippen molar-refractivity contribution in [2.24, 2.45) is 11.7 Å². The fraction of sp³-hybridized carbons (Fsp3) is 0.917. The molecule has 1 amide bonds. The molecule has 2 aliphatic carbocycles. The summed E-state index contributed by atoms with van der Waals surface area (Å²) in [5, 5.41) is 0. The minimum absolute atomic E-state index is 0.196. The number of carbonyl (C=O) groups is 1. The number of carbonyl (C=O) groups excluding carboxylic acids is 1. The lowest BCUT2D eigenvalue weighted by Gasteiger charge is -2.27. The van der Waals surface area contributed by atoms with Crippen LogP contribution in [0.15, 0.2) is 0 Å². The SMILES string of the molecule is NC1(C(=O)N(CC2CCOC2)C2CC2)CC1. The molecule has 0 aromatic rings.